The molecule has 0 aliphatic rings. The third-order valence-electron chi connectivity index (χ3n) is 1.84. The topological polar surface area (TPSA) is 20.3 Å². The summed E-state index contributed by atoms with van der Waals surface area (Å²) in [7, 11) is 3.51. The Balaban J connectivity index is 3.13. The van der Waals surface area contributed by atoms with Crippen LogP contribution in [-0.2, 0) is 0 Å². The van der Waals surface area contributed by atoms with E-state index < -0.39 is 0 Å². The van der Waals surface area contributed by atoms with Crippen molar-refractivity contribution in [1.82, 2.24) is 4.90 Å². The quantitative estimate of drug-likeness (QED) is 0.740. The van der Waals surface area contributed by atoms with Gasteiger partial charge >= 0.3 is 0 Å². The van der Waals surface area contributed by atoms with Crippen molar-refractivity contribution in [3.05, 3.63) is 33.8 Å². The predicted molar refractivity (Wildman–Crippen MR) is 56.9 cm³/mol. The molecule has 0 aliphatic heterocycles. The Labute approximate surface area is 86.7 Å². The summed E-state index contributed by atoms with van der Waals surface area (Å²) in [4.78, 5) is 13.2. The maximum Gasteiger partial charge on any atom is 0.253 e. The van der Waals surface area contributed by atoms with Crippen LogP contribution in [-0.4, -0.2) is 24.9 Å². The molecule has 1 aromatic carbocycles. The summed E-state index contributed by atoms with van der Waals surface area (Å²) in [6.07, 6.45) is 0. The van der Waals surface area contributed by atoms with Gasteiger partial charge in [-0.3, -0.25) is 4.79 Å². The molecule has 0 unspecified atom stereocenters. The summed E-state index contributed by atoms with van der Waals surface area (Å²) in [6.45, 7) is 1.93. The second-order valence-electron chi connectivity index (χ2n) is 3.16. The summed E-state index contributed by atoms with van der Waals surface area (Å²) < 4.78 is 0.934. The molecule has 13 heavy (non-hydrogen) atoms. The molecule has 0 aliphatic carbocycles. The van der Waals surface area contributed by atoms with Gasteiger partial charge in [-0.2, -0.15) is 0 Å². The molecule has 1 rings (SSSR count). The van der Waals surface area contributed by atoms with Crippen molar-refractivity contribution in [2.24, 2.45) is 0 Å². The molecule has 0 aromatic heterocycles. The number of rotatable bonds is 1. The van der Waals surface area contributed by atoms with Gasteiger partial charge in [0.25, 0.3) is 5.91 Å². The van der Waals surface area contributed by atoms with Crippen LogP contribution < -0.4 is 0 Å². The Kier molecular flexibility index (Phi) is 3.09. The zero-order valence-corrected chi connectivity index (χ0v) is 9.55. The first-order valence-electron chi connectivity index (χ1n) is 4.00. The van der Waals surface area contributed by atoms with Crippen LogP contribution >= 0.6 is 15.9 Å². The van der Waals surface area contributed by atoms with Crippen molar-refractivity contribution in [1.29, 1.82) is 0 Å². The van der Waals surface area contributed by atoms with Gasteiger partial charge in [-0.05, 0) is 24.6 Å². The highest BCUT2D eigenvalue weighted by atomic mass is 79.9. The number of carbonyl (C=O) groups is 1. The lowest BCUT2D eigenvalue weighted by Gasteiger charge is -2.12. The smallest absolute Gasteiger partial charge is 0.253 e. The van der Waals surface area contributed by atoms with Crippen LogP contribution in [0, 0.1) is 6.92 Å². The average Bonchev–Trinajstić information content (AvgIpc) is 2.08. The molecule has 0 N–H and O–H groups in total. The molecule has 0 atom stereocenters. The van der Waals surface area contributed by atoms with Crippen LogP contribution in [0.15, 0.2) is 22.7 Å². The third-order valence-corrected chi connectivity index (χ3v) is 2.33. The summed E-state index contributed by atoms with van der Waals surface area (Å²) in [6, 6.07) is 5.71. The molecule has 0 saturated heterocycles. The van der Waals surface area contributed by atoms with E-state index in [4.69, 9.17) is 0 Å². The summed E-state index contributed by atoms with van der Waals surface area (Å²) in [5, 5.41) is 0. The minimum Gasteiger partial charge on any atom is -0.345 e. The fraction of sp³-hybridized carbons (Fsp3) is 0.300. The molecule has 0 heterocycles. The maximum atomic E-state index is 11.6. The van der Waals surface area contributed by atoms with Gasteiger partial charge in [0.15, 0.2) is 0 Å². The fourth-order valence-corrected chi connectivity index (χ4v) is 1.43. The fourth-order valence-electron chi connectivity index (χ4n) is 1.07. The molecule has 3 heteroatoms. The standard InChI is InChI=1S/C10H12BrNO/c1-7-4-5-8(11)6-9(7)10(13)12(2)3/h4-6H,1-3H3. The van der Waals surface area contributed by atoms with Crippen molar-refractivity contribution < 1.29 is 4.79 Å². The predicted octanol–water partition coefficient (Wildman–Crippen LogP) is 2.46. The highest BCUT2D eigenvalue weighted by molar-refractivity contribution is 9.10. The molecule has 0 fully saturated rings. The number of nitrogens with zero attached hydrogens (tertiary/aromatic N) is 1. The van der Waals surface area contributed by atoms with E-state index >= 15 is 0 Å². The van der Waals surface area contributed by atoms with E-state index in [0.717, 1.165) is 15.6 Å². The molecular formula is C10H12BrNO. The van der Waals surface area contributed by atoms with Crippen molar-refractivity contribution in [3.63, 3.8) is 0 Å². The van der Waals surface area contributed by atoms with E-state index in [0.29, 0.717) is 0 Å². The molecule has 0 bridgehead atoms. The van der Waals surface area contributed by atoms with Gasteiger partial charge in [-0.25, -0.2) is 0 Å². The number of hydrogen-bond acceptors (Lipinski definition) is 1. The largest absolute Gasteiger partial charge is 0.345 e. The molecular weight excluding hydrogens is 230 g/mol. The Morgan fingerprint density at radius 1 is 1.38 bits per heavy atom. The first-order valence-corrected chi connectivity index (χ1v) is 4.79. The Bertz CT molecular complexity index is 334. The van der Waals surface area contributed by atoms with Crippen LogP contribution in [0.3, 0.4) is 0 Å². The summed E-state index contributed by atoms with van der Waals surface area (Å²) in [5.74, 6) is 0.0406. The number of amides is 1. The molecule has 70 valence electrons. The zero-order valence-electron chi connectivity index (χ0n) is 7.97. The number of carbonyl (C=O) groups excluding carboxylic acids is 1. The van der Waals surface area contributed by atoms with E-state index in [-0.39, 0.29) is 5.91 Å². The highest BCUT2D eigenvalue weighted by Crippen LogP contribution is 2.16. The third kappa shape index (κ3) is 2.31. The zero-order chi connectivity index (χ0) is 10.0. The van der Waals surface area contributed by atoms with Gasteiger partial charge < -0.3 is 4.90 Å². The van der Waals surface area contributed by atoms with Crippen molar-refractivity contribution in [3.8, 4) is 0 Å². The van der Waals surface area contributed by atoms with Gasteiger partial charge in [0.05, 0.1) is 0 Å². The second-order valence-corrected chi connectivity index (χ2v) is 4.07. The first-order chi connectivity index (χ1) is 6.02. The Morgan fingerprint density at radius 3 is 2.54 bits per heavy atom. The monoisotopic (exact) mass is 241 g/mol. The average molecular weight is 242 g/mol. The minimum atomic E-state index is 0.0406. The lowest BCUT2D eigenvalue weighted by atomic mass is 10.1. The molecule has 0 spiro atoms. The Hall–Kier alpha value is -0.830. The molecule has 0 radical (unpaired) electrons. The highest BCUT2D eigenvalue weighted by Gasteiger charge is 2.10. The van der Waals surface area contributed by atoms with Crippen LogP contribution in [0.1, 0.15) is 15.9 Å². The van der Waals surface area contributed by atoms with E-state index in [1.807, 2.05) is 25.1 Å². The number of hydrogen-bond donors (Lipinski definition) is 0. The normalized spacial score (nSPS) is 9.85. The van der Waals surface area contributed by atoms with Gasteiger partial charge in [-0.15, -0.1) is 0 Å². The maximum absolute atomic E-state index is 11.6. The van der Waals surface area contributed by atoms with Gasteiger partial charge in [-0.1, -0.05) is 22.0 Å². The van der Waals surface area contributed by atoms with E-state index in [9.17, 15) is 4.79 Å². The van der Waals surface area contributed by atoms with Crippen molar-refractivity contribution in [2.75, 3.05) is 14.1 Å². The van der Waals surface area contributed by atoms with Gasteiger partial charge in [0.1, 0.15) is 0 Å². The van der Waals surface area contributed by atoms with Crippen molar-refractivity contribution in [2.45, 2.75) is 6.92 Å². The van der Waals surface area contributed by atoms with Crippen molar-refractivity contribution >= 4 is 21.8 Å². The van der Waals surface area contributed by atoms with Crippen LogP contribution in [0.2, 0.25) is 0 Å². The molecule has 2 nitrogen and oxygen atoms in total. The minimum absolute atomic E-state index is 0.0406. The molecule has 1 amide bonds. The summed E-state index contributed by atoms with van der Waals surface area (Å²) in [5.41, 5.74) is 1.75. The van der Waals surface area contributed by atoms with Gasteiger partial charge in [0.2, 0.25) is 0 Å². The number of benzene rings is 1. The van der Waals surface area contributed by atoms with Crippen LogP contribution in [0.4, 0.5) is 0 Å². The van der Waals surface area contributed by atoms with E-state index in [1.165, 1.54) is 0 Å². The van der Waals surface area contributed by atoms with E-state index in [2.05, 4.69) is 15.9 Å². The van der Waals surface area contributed by atoms with Gasteiger partial charge in [0, 0.05) is 24.1 Å². The van der Waals surface area contributed by atoms with Crippen LogP contribution in [0.25, 0.3) is 0 Å². The number of aryl methyl sites for hydroxylation is 1. The SMILES string of the molecule is Cc1ccc(Br)cc1C(=O)N(C)C. The second kappa shape index (κ2) is 3.92. The molecule has 0 saturated carbocycles. The Morgan fingerprint density at radius 2 is 2.00 bits per heavy atom. The van der Waals surface area contributed by atoms with E-state index in [1.54, 1.807) is 19.0 Å². The molecule has 1 aromatic rings. The number of halogens is 1. The lowest BCUT2D eigenvalue weighted by Crippen LogP contribution is -2.22. The first kappa shape index (κ1) is 10.3. The van der Waals surface area contributed by atoms with Crippen LogP contribution in [0.5, 0.6) is 0 Å². The lowest BCUT2D eigenvalue weighted by molar-refractivity contribution is 0.0827. The summed E-state index contributed by atoms with van der Waals surface area (Å²) >= 11 is 3.34.